The lowest BCUT2D eigenvalue weighted by Crippen LogP contribution is -2.17. The van der Waals surface area contributed by atoms with E-state index in [1.807, 2.05) is 25.1 Å². The molecular weight excluding hydrogens is 328 g/mol. The molecule has 0 aliphatic carbocycles. The van der Waals surface area contributed by atoms with E-state index in [0.717, 1.165) is 12.0 Å². The number of pyridine rings is 1. The number of benzene rings is 1. The van der Waals surface area contributed by atoms with Gasteiger partial charge >= 0.3 is 5.97 Å². The lowest BCUT2D eigenvalue weighted by atomic mass is 10.0. The third-order valence-corrected chi connectivity index (χ3v) is 4.12. The van der Waals surface area contributed by atoms with Gasteiger partial charge in [0.05, 0.1) is 11.3 Å². The van der Waals surface area contributed by atoms with Crippen molar-refractivity contribution >= 4 is 11.6 Å². The van der Waals surface area contributed by atoms with Gasteiger partial charge in [0.2, 0.25) is 0 Å². The van der Waals surface area contributed by atoms with Crippen LogP contribution in [0.5, 0.6) is 0 Å². The molecule has 134 valence electrons. The van der Waals surface area contributed by atoms with Crippen molar-refractivity contribution in [3.05, 3.63) is 81.4 Å². The molecule has 0 radical (unpaired) electrons. The minimum atomic E-state index is -0.423. The van der Waals surface area contributed by atoms with Gasteiger partial charge in [-0.2, -0.15) is 0 Å². The van der Waals surface area contributed by atoms with E-state index in [1.165, 1.54) is 16.0 Å². The molecule has 5 heteroatoms. The Morgan fingerprint density at radius 3 is 2.62 bits per heavy atom. The van der Waals surface area contributed by atoms with Gasteiger partial charge in [-0.15, -0.1) is 0 Å². The summed E-state index contributed by atoms with van der Waals surface area (Å²) in [5, 5.41) is 0. The summed E-state index contributed by atoms with van der Waals surface area (Å²) in [6.07, 6.45) is 2.64. The zero-order chi connectivity index (χ0) is 18.7. The second kappa shape index (κ2) is 7.52. The number of fused-ring (bicyclic) bond motifs is 1. The van der Waals surface area contributed by atoms with Crippen molar-refractivity contribution in [3.8, 4) is 0 Å². The van der Waals surface area contributed by atoms with Crippen LogP contribution in [-0.4, -0.2) is 15.4 Å². The predicted molar refractivity (Wildman–Crippen MR) is 100 cm³/mol. The van der Waals surface area contributed by atoms with E-state index >= 15 is 0 Å². The molecule has 0 aliphatic heterocycles. The first-order chi connectivity index (χ1) is 12.4. The molecule has 0 bridgehead atoms. The first-order valence-corrected chi connectivity index (χ1v) is 8.68. The summed E-state index contributed by atoms with van der Waals surface area (Å²) in [6, 6.07) is 12.5. The predicted octanol–water partition coefficient (Wildman–Crippen LogP) is 3.56. The fraction of sp³-hybridized carbons (Fsp3) is 0.286. The van der Waals surface area contributed by atoms with Crippen LogP contribution in [0, 0.1) is 12.8 Å². The van der Waals surface area contributed by atoms with Crippen LogP contribution in [-0.2, 0) is 17.8 Å². The highest BCUT2D eigenvalue weighted by molar-refractivity contribution is 5.89. The molecule has 0 spiro atoms. The van der Waals surface area contributed by atoms with E-state index < -0.39 is 5.97 Å². The van der Waals surface area contributed by atoms with Crippen LogP contribution in [0.15, 0.2) is 53.5 Å². The van der Waals surface area contributed by atoms with Crippen molar-refractivity contribution in [1.29, 1.82) is 0 Å². The number of hydrogen-bond acceptors (Lipinski definition) is 4. The smallest absolute Gasteiger partial charge is 0.338 e. The van der Waals surface area contributed by atoms with Crippen LogP contribution in [0.25, 0.3) is 5.65 Å². The molecule has 0 fully saturated rings. The molecule has 3 aromatic rings. The van der Waals surface area contributed by atoms with Crippen molar-refractivity contribution in [3.63, 3.8) is 0 Å². The second-order valence-corrected chi connectivity index (χ2v) is 6.84. The average molecular weight is 350 g/mol. The van der Waals surface area contributed by atoms with Gasteiger partial charge in [-0.3, -0.25) is 9.20 Å². The zero-order valence-corrected chi connectivity index (χ0v) is 15.2. The minimum absolute atomic E-state index is 0.0351. The summed E-state index contributed by atoms with van der Waals surface area (Å²) in [7, 11) is 0. The molecule has 5 nitrogen and oxygen atoms in total. The molecular formula is C21H22N2O3. The fourth-order valence-electron chi connectivity index (χ4n) is 2.85. The van der Waals surface area contributed by atoms with E-state index in [4.69, 9.17) is 4.74 Å². The highest BCUT2D eigenvalue weighted by Crippen LogP contribution is 2.12. The van der Waals surface area contributed by atoms with Gasteiger partial charge in [0.25, 0.3) is 5.56 Å². The fourth-order valence-corrected chi connectivity index (χ4v) is 2.85. The van der Waals surface area contributed by atoms with Gasteiger partial charge in [0.15, 0.2) is 0 Å². The Morgan fingerprint density at radius 2 is 1.92 bits per heavy atom. The Morgan fingerprint density at radius 1 is 1.19 bits per heavy atom. The number of hydrogen-bond donors (Lipinski definition) is 0. The molecule has 0 atom stereocenters. The van der Waals surface area contributed by atoms with Crippen LogP contribution in [0.2, 0.25) is 0 Å². The van der Waals surface area contributed by atoms with Crippen LogP contribution in [0.3, 0.4) is 0 Å². The Kier molecular flexibility index (Phi) is 5.16. The summed E-state index contributed by atoms with van der Waals surface area (Å²) in [4.78, 5) is 28.8. The van der Waals surface area contributed by atoms with Gasteiger partial charge in [-0.1, -0.05) is 32.0 Å². The number of nitrogens with zero attached hydrogens (tertiary/aromatic N) is 2. The van der Waals surface area contributed by atoms with Gasteiger partial charge in [-0.05, 0) is 48.6 Å². The van der Waals surface area contributed by atoms with Crippen molar-refractivity contribution in [2.24, 2.45) is 5.92 Å². The maximum Gasteiger partial charge on any atom is 0.338 e. The van der Waals surface area contributed by atoms with E-state index in [2.05, 4.69) is 18.8 Å². The molecule has 0 saturated carbocycles. The average Bonchev–Trinajstić information content (AvgIpc) is 2.61. The van der Waals surface area contributed by atoms with E-state index in [0.29, 0.717) is 22.8 Å². The molecule has 0 saturated heterocycles. The lowest BCUT2D eigenvalue weighted by molar-refractivity contribution is 0.0467. The number of rotatable bonds is 5. The van der Waals surface area contributed by atoms with Gasteiger partial charge in [0, 0.05) is 12.3 Å². The molecule has 2 aromatic heterocycles. The van der Waals surface area contributed by atoms with Crippen LogP contribution in [0.1, 0.15) is 41.0 Å². The number of carbonyl (C=O) groups is 1. The summed E-state index contributed by atoms with van der Waals surface area (Å²) in [6.45, 7) is 6.16. The molecule has 1 aromatic carbocycles. The third-order valence-electron chi connectivity index (χ3n) is 4.12. The maximum atomic E-state index is 12.2. The van der Waals surface area contributed by atoms with E-state index in [1.54, 1.807) is 24.4 Å². The Balaban J connectivity index is 1.72. The molecule has 0 unspecified atom stereocenters. The summed E-state index contributed by atoms with van der Waals surface area (Å²) >= 11 is 0. The summed E-state index contributed by atoms with van der Waals surface area (Å²) in [5.41, 5.74) is 3.39. The standard InChI is InChI=1S/C21H22N2O3/c1-14(2)11-16-6-8-17(9-7-16)21(25)26-13-18-12-19(24)23-10-4-5-15(3)20(23)22-18/h4-10,12,14H,11,13H2,1-3H3. The van der Waals surface area contributed by atoms with Crippen molar-refractivity contribution in [2.75, 3.05) is 0 Å². The summed E-state index contributed by atoms with van der Waals surface area (Å²) in [5.74, 6) is 0.141. The molecule has 2 heterocycles. The van der Waals surface area contributed by atoms with E-state index in [9.17, 15) is 9.59 Å². The van der Waals surface area contributed by atoms with Gasteiger partial charge in [-0.25, -0.2) is 9.78 Å². The molecule has 0 aliphatic rings. The Hall–Kier alpha value is -2.95. The van der Waals surface area contributed by atoms with Gasteiger partial charge in [0.1, 0.15) is 12.3 Å². The zero-order valence-electron chi connectivity index (χ0n) is 15.2. The minimum Gasteiger partial charge on any atom is -0.456 e. The van der Waals surface area contributed by atoms with Crippen molar-refractivity contribution in [2.45, 2.75) is 33.8 Å². The number of carbonyl (C=O) groups excluding carboxylic acids is 1. The van der Waals surface area contributed by atoms with Crippen molar-refractivity contribution < 1.29 is 9.53 Å². The molecule has 3 rings (SSSR count). The lowest BCUT2D eigenvalue weighted by Gasteiger charge is -2.08. The topological polar surface area (TPSA) is 60.7 Å². The molecule has 0 N–H and O–H groups in total. The maximum absolute atomic E-state index is 12.2. The van der Waals surface area contributed by atoms with Gasteiger partial charge < -0.3 is 4.74 Å². The normalized spacial score (nSPS) is 11.1. The number of aromatic nitrogens is 2. The quantitative estimate of drug-likeness (QED) is 0.660. The van der Waals surface area contributed by atoms with E-state index in [-0.39, 0.29) is 12.2 Å². The first-order valence-electron chi connectivity index (χ1n) is 8.68. The first kappa shape index (κ1) is 17.9. The van der Waals surface area contributed by atoms with Crippen LogP contribution < -0.4 is 5.56 Å². The highest BCUT2D eigenvalue weighted by Gasteiger charge is 2.10. The molecule has 26 heavy (non-hydrogen) atoms. The monoisotopic (exact) mass is 350 g/mol. The molecule has 0 amide bonds. The largest absolute Gasteiger partial charge is 0.456 e. The number of esters is 1. The number of aryl methyl sites for hydroxylation is 1. The SMILES string of the molecule is Cc1cccn2c(=O)cc(COC(=O)c3ccc(CC(C)C)cc3)nc12. The van der Waals surface area contributed by atoms with Crippen molar-refractivity contribution in [1.82, 2.24) is 9.38 Å². The second-order valence-electron chi connectivity index (χ2n) is 6.84. The summed E-state index contributed by atoms with van der Waals surface area (Å²) < 4.78 is 6.81. The van der Waals surface area contributed by atoms with Crippen LogP contribution >= 0.6 is 0 Å². The third kappa shape index (κ3) is 3.99. The highest BCUT2D eigenvalue weighted by atomic mass is 16.5. The van der Waals surface area contributed by atoms with Crippen LogP contribution in [0.4, 0.5) is 0 Å². The Labute approximate surface area is 152 Å². The number of ether oxygens (including phenoxy) is 1. The Bertz CT molecular complexity index is 988.